The fourth-order valence-corrected chi connectivity index (χ4v) is 3.57. The third kappa shape index (κ3) is 3.14. The number of aliphatic hydroxyl groups is 1. The molecule has 2 atom stereocenters. The van der Waals surface area contributed by atoms with Crippen molar-refractivity contribution in [3.05, 3.63) is 29.8 Å². The monoisotopic (exact) mass is 275 g/mol. The zero-order chi connectivity index (χ0) is 13.9. The molecule has 2 unspecified atom stereocenters. The van der Waals surface area contributed by atoms with Gasteiger partial charge in [-0.05, 0) is 56.6 Å². The van der Waals surface area contributed by atoms with Crippen LogP contribution in [0.1, 0.15) is 30.9 Å². The van der Waals surface area contributed by atoms with Crippen LogP contribution in [-0.2, 0) is 0 Å². The van der Waals surface area contributed by atoms with Crippen LogP contribution >= 0.6 is 0 Å². The van der Waals surface area contributed by atoms with Crippen LogP contribution in [0, 0.1) is 0 Å². The van der Waals surface area contributed by atoms with E-state index in [9.17, 15) is 5.11 Å². The molecule has 2 fully saturated rings. The standard InChI is InChI=1S/C16H25N3O/c17-14-5-1-4-13(10-14)16(20)12-18-7-3-9-19-8-2-6-15(19)11-18/h1,4-5,10,15-16,20H,2-3,6-9,11-12,17H2. The van der Waals surface area contributed by atoms with Gasteiger partial charge in [0.05, 0.1) is 6.10 Å². The van der Waals surface area contributed by atoms with E-state index in [1.807, 2.05) is 24.3 Å². The van der Waals surface area contributed by atoms with Gasteiger partial charge in [0.15, 0.2) is 0 Å². The highest BCUT2D eigenvalue weighted by Gasteiger charge is 2.29. The smallest absolute Gasteiger partial charge is 0.0917 e. The number of aliphatic hydroxyl groups excluding tert-OH is 1. The largest absolute Gasteiger partial charge is 0.399 e. The maximum absolute atomic E-state index is 10.4. The van der Waals surface area contributed by atoms with Crippen molar-refractivity contribution in [1.29, 1.82) is 0 Å². The van der Waals surface area contributed by atoms with Crippen molar-refractivity contribution in [2.75, 3.05) is 38.5 Å². The van der Waals surface area contributed by atoms with E-state index in [1.54, 1.807) is 0 Å². The molecule has 3 N–H and O–H groups in total. The van der Waals surface area contributed by atoms with E-state index in [-0.39, 0.29) is 0 Å². The Labute approximate surface area is 121 Å². The first-order valence-corrected chi connectivity index (χ1v) is 7.72. The van der Waals surface area contributed by atoms with E-state index in [2.05, 4.69) is 9.80 Å². The second-order valence-electron chi connectivity index (χ2n) is 6.13. The van der Waals surface area contributed by atoms with Gasteiger partial charge in [-0.1, -0.05) is 12.1 Å². The molecule has 2 aliphatic rings. The normalized spacial score (nSPS) is 26.1. The summed E-state index contributed by atoms with van der Waals surface area (Å²) in [5.41, 5.74) is 7.44. The molecule has 0 bridgehead atoms. The second kappa shape index (κ2) is 6.12. The Hall–Kier alpha value is -1.10. The number of hydrogen-bond acceptors (Lipinski definition) is 4. The van der Waals surface area contributed by atoms with E-state index in [0.29, 0.717) is 12.6 Å². The molecule has 0 radical (unpaired) electrons. The molecule has 4 heteroatoms. The van der Waals surface area contributed by atoms with E-state index >= 15 is 0 Å². The van der Waals surface area contributed by atoms with Crippen molar-refractivity contribution in [3.8, 4) is 0 Å². The van der Waals surface area contributed by atoms with Crippen LogP contribution < -0.4 is 5.73 Å². The van der Waals surface area contributed by atoms with Crippen molar-refractivity contribution in [1.82, 2.24) is 9.80 Å². The van der Waals surface area contributed by atoms with Gasteiger partial charge in [0, 0.05) is 24.8 Å². The summed E-state index contributed by atoms with van der Waals surface area (Å²) in [6, 6.07) is 8.31. The number of nitrogens with zero attached hydrogens (tertiary/aromatic N) is 2. The second-order valence-corrected chi connectivity index (χ2v) is 6.13. The Morgan fingerprint density at radius 1 is 1.25 bits per heavy atom. The number of nitrogen functional groups attached to an aromatic ring is 1. The predicted molar refractivity (Wildman–Crippen MR) is 81.5 cm³/mol. The first kappa shape index (κ1) is 13.9. The topological polar surface area (TPSA) is 52.7 Å². The maximum atomic E-state index is 10.4. The minimum atomic E-state index is -0.438. The molecule has 20 heavy (non-hydrogen) atoms. The fourth-order valence-electron chi connectivity index (χ4n) is 3.57. The van der Waals surface area contributed by atoms with Crippen LogP contribution in [-0.4, -0.2) is 53.7 Å². The summed E-state index contributed by atoms with van der Waals surface area (Å²) >= 11 is 0. The quantitative estimate of drug-likeness (QED) is 0.820. The van der Waals surface area contributed by atoms with Crippen LogP contribution in [0.3, 0.4) is 0 Å². The van der Waals surface area contributed by atoms with Crippen LogP contribution in [0.4, 0.5) is 5.69 Å². The molecule has 0 aromatic heterocycles. The molecule has 0 amide bonds. The van der Waals surface area contributed by atoms with E-state index < -0.39 is 6.10 Å². The SMILES string of the molecule is Nc1cccc(C(O)CN2CCCN3CCCC3C2)c1. The molecule has 3 rings (SSSR count). The summed E-state index contributed by atoms with van der Waals surface area (Å²) in [5.74, 6) is 0. The average Bonchev–Trinajstić information content (AvgIpc) is 2.78. The van der Waals surface area contributed by atoms with Gasteiger partial charge in [-0.2, -0.15) is 0 Å². The lowest BCUT2D eigenvalue weighted by atomic mass is 10.1. The van der Waals surface area contributed by atoms with E-state index in [1.165, 1.54) is 32.4 Å². The van der Waals surface area contributed by atoms with Crippen LogP contribution in [0.15, 0.2) is 24.3 Å². The zero-order valence-electron chi connectivity index (χ0n) is 12.0. The molecule has 0 saturated carbocycles. The van der Waals surface area contributed by atoms with Crippen molar-refractivity contribution in [2.45, 2.75) is 31.4 Å². The summed E-state index contributed by atoms with van der Waals surface area (Å²) in [7, 11) is 0. The van der Waals surface area contributed by atoms with Crippen molar-refractivity contribution < 1.29 is 5.11 Å². The van der Waals surface area contributed by atoms with Gasteiger partial charge in [0.2, 0.25) is 0 Å². The first-order valence-electron chi connectivity index (χ1n) is 7.72. The minimum Gasteiger partial charge on any atom is -0.399 e. The molecular formula is C16H25N3O. The van der Waals surface area contributed by atoms with Gasteiger partial charge in [-0.15, -0.1) is 0 Å². The van der Waals surface area contributed by atoms with Gasteiger partial charge in [0.1, 0.15) is 0 Å². The van der Waals surface area contributed by atoms with Gasteiger partial charge < -0.3 is 10.8 Å². The number of rotatable bonds is 3. The molecule has 2 heterocycles. The van der Waals surface area contributed by atoms with Crippen LogP contribution in [0.2, 0.25) is 0 Å². The lowest BCUT2D eigenvalue weighted by molar-refractivity contribution is 0.108. The molecule has 0 aliphatic carbocycles. The molecule has 4 nitrogen and oxygen atoms in total. The summed E-state index contributed by atoms with van der Waals surface area (Å²) in [5, 5.41) is 10.4. The van der Waals surface area contributed by atoms with Crippen LogP contribution in [0.5, 0.6) is 0 Å². The third-order valence-corrected chi connectivity index (χ3v) is 4.61. The molecular weight excluding hydrogens is 250 g/mol. The lowest BCUT2D eigenvalue weighted by Crippen LogP contribution is -2.38. The molecule has 2 saturated heterocycles. The molecule has 0 spiro atoms. The summed E-state index contributed by atoms with van der Waals surface area (Å²) in [4.78, 5) is 5.04. The van der Waals surface area contributed by atoms with Crippen molar-refractivity contribution in [3.63, 3.8) is 0 Å². The summed E-state index contributed by atoms with van der Waals surface area (Å²) in [6.07, 6.45) is 3.41. The van der Waals surface area contributed by atoms with E-state index in [0.717, 1.165) is 24.3 Å². The summed E-state index contributed by atoms with van der Waals surface area (Å²) < 4.78 is 0. The molecule has 2 aliphatic heterocycles. The Balaban J connectivity index is 1.61. The van der Waals surface area contributed by atoms with Gasteiger partial charge in [0.25, 0.3) is 0 Å². The number of fused-ring (bicyclic) bond motifs is 1. The van der Waals surface area contributed by atoms with E-state index in [4.69, 9.17) is 5.73 Å². The van der Waals surface area contributed by atoms with Gasteiger partial charge >= 0.3 is 0 Å². The van der Waals surface area contributed by atoms with Crippen LogP contribution in [0.25, 0.3) is 0 Å². The molecule has 110 valence electrons. The zero-order valence-corrected chi connectivity index (χ0v) is 12.0. The minimum absolute atomic E-state index is 0.438. The van der Waals surface area contributed by atoms with Crippen molar-refractivity contribution >= 4 is 5.69 Å². The maximum Gasteiger partial charge on any atom is 0.0917 e. The summed E-state index contributed by atoms with van der Waals surface area (Å²) in [6.45, 7) is 5.38. The number of anilines is 1. The Bertz CT molecular complexity index is 451. The average molecular weight is 275 g/mol. The number of benzene rings is 1. The fraction of sp³-hybridized carbons (Fsp3) is 0.625. The predicted octanol–water partition coefficient (Wildman–Crippen LogP) is 1.47. The molecule has 1 aromatic carbocycles. The molecule has 1 aromatic rings. The number of hydrogen-bond donors (Lipinski definition) is 2. The Kier molecular flexibility index (Phi) is 4.24. The highest BCUT2D eigenvalue weighted by atomic mass is 16.3. The van der Waals surface area contributed by atoms with Crippen molar-refractivity contribution in [2.24, 2.45) is 0 Å². The number of nitrogens with two attached hydrogens (primary N) is 1. The Morgan fingerprint density at radius 2 is 2.10 bits per heavy atom. The van der Waals surface area contributed by atoms with Gasteiger partial charge in [-0.25, -0.2) is 0 Å². The lowest BCUT2D eigenvalue weighted by Gasteiger charge is -2.27. The highest BCUT2D eigenvalue weighted by molar-refractivity contribution is 5.41. The third-order valence-electron chi connectivity index (χ3n) is 4.61. The van der Waals surface area contributed by atoms with Gasteiger partial charge in [-0.3, -0.25) is 9.80 Å². The highest BCUT2D eigenvalue weighted by Crippen LogP contribution is 2.23. The Morgan fingerprint density at radius 3 is 2.95 bits per heavy atom. The number of β-amino-alcohol motifs (C(OH)–C–C–N with tert-alkyl or cyclic N) is 1. The first-order chi connectivity index (χ1) is 9.72.